The van der Waals surface area contributed by atoms with E-state index >= 15 is 0 Å². The molecule has 1 heterocycles. The molecule has 0 aromatic carbocycles. The molecule has 0 unspecified atom stereocenters. The lowest BCUT2D eigenvalue weighted by Gasteiger charge is -1.98. The summed E-state index contributed by atoms with van der Waals surface area (Å²) < 4.78 is 21.4. The first kappa shape index (κ1) is 8.36. The van der Waals surface area contributed by atoms with E-state index in [1.165, 1.54) is 12.3 Å². The zero-order chi connectivity index (χ0) is 8.32. The lowest BCUT2D eigenvalue weighted by Crippen LogP contribution is -2.10. The average Bonchev–Trinajstić information content (AvgIpc) is 2.10. The van der Waals surface area contributed by atoms with Crippen molar-refractivity contribution in [3.8, 4) is 0 Å². The van der Waals surface area contributed by atoms with Gasteiger partial charge in [-0.2, -0.15) is 0 Å². The molecule has 60 valence electrons. The first-order chi connectivity index (χ1) is 5.11. The Bertz CT molecular complexity index is 326. The summed E-state index contributed by atoms with van der Waals surface area (Å²) in [7, 11) is 1.43. The van der Waals surface area contributed by atoms with Gasteiger partial charge in [0.25, 0.3) is 9.05 Å². The maximum atomic E-state index is 10.7. The van der Waals surface area contributed by atoms with Crippen LogP contribution in [-0.4, -0.2) is 8.42 Å². The van der Waals surface area contributed by atoms with Gasteiger partial charge in [-0.25, -0.2) is 8.42 Å². The standard InChI is InChI=1S/C6H6ClNO2S/c7-11(9,10)6-4-2-1-3-5-8-6/h1-5,8H. The first-order valence-corrected chi connectivity index (χ1v) is 5.16. The van der Waals surface area contributed by atoms with Crippen LogP contribution in [0, 0.1) is 0 Å². The third kappa shape index (κ3) is 2.40. The van der Waals surface area contributed by atoms with Crippen LogP contribution in [0.2, 0.25) is 0 Å². The second kappa shape index (κ2) is 3.11. The summed E-state index contributed by atoms with van der Waals surface area (Å²) in [5.74, 6) is 0. The van der Waals surface area contributed by atoms with Crippen LogP contribution in [0.5, 0.6) is 0 Å². The topological polar surface area (TPSA) is 46.2 Å². The number of hydrogen-bond acceptors (Lipinski definition) is 3. The fourth-order valence-corrected chi connectivity index (χ4v) is 1.33. The highest BCUT2D eigenvalue weighted by molar-refractivity contribution is 8.16. The van der Waals surface area contributed by atoms with Crippen molar-refractivity contribution >= 4 is 19.7 Å². The molecule has 0 radical (unpaired) electrons. The predicted molar refractivity (Wildman–Crippen MR) is 44.3 cm³/mol. The van der Waals surface area contributed by atoms with E-state index in [1.807, 2.05) is 0 Å². The van der Waals surface area contributed by atoms with Gasteiger partial charge in [-0.1, -0.05) is 12.2 Å². The molecule has 1 rings (SSSR count). The lowest BCUT2D eigenvalue weighted by molar-refractivity contribution is 0.613. The average molecular weight is 192 g/mol. The van der Waals surface area contributed by atoms with Crippen LogP contribution in [0.4, 0.5) is 0 Å². The van der Waals surface area contributed by atoms with Crippen molar-refractivity contribution in [3.63, 3.8) is 0 Å². The fraction of sp³-hybridized carbons (Fsp3) is 0. The zero-order valence-electron chi connectivity index (χ0n) is 5.49. The Morgan fingerprint density at radius 2 is 2.00 bits per heavy atom. The third-order valence-corrected chi connectivity index (χ3v) is 2.33. The van der Waals surface area contributed by atoms with Gasteiger partial charge in [-0.05, 0) is 12.2 Å². The Hall–Kier alpha value is -0.740. The minimum absolute atomic E-state index is 0.0100. The smallest absolute Gasteiger partial charge is 0.276 e. The summed E-state index contributed by atoms with van der Waals surface area (Å²) in [6.07, 6.45) is 7.84. The molecule has 11 heavy (non-hydrogen) atoms. The summed E-state index contributed by atoms with van der Waals surface area (Å²) in [6, 6.07) is 0. The molecule has 0 aromatic heterocycles. The van der Waals surface area contributed by atoms with Crippen LogP contribution in [0.3, 0.4) is 0 Å². The molecule has 5 heteroatoms. The van der Waals surface area contributed by atoms with Gasteiger partial charge < -0.3 is 5.32 Å². The maximum Gasteiger partial charge on any atom is 0.276 e. The predicted octanol–water partition coefficient (Wildman–Crippen LogP) is 1.07. The maximum absolute atomic E-state index is 10.7. The Labute approximate surface area is 69.5 Å². The molecule has 1 aliphatic rings. The minimum atomic E-state index is -3.63. The highest BCUT2D eigenvalue weighted by atomic mass is 35.7. The largest absolute Gasteiger partial charge is 0.351 e. The summed E-state index contributed by atoms with van der Waals surface area (Å²) in [5, 5.41) is 2.51. The lowest BCUT2D eigenvalue weighted by atomic mass is 10.5. The van der Waals surface area contributed by atoms with Crippen LogP contribution >= 0.6 is 10.7 Å². The molecule has 0 atom stereocenters. The number of rotatable bonds is 1. The molecule has 1 aliphatic heterocycles. The van der Waals surface area contributed by atoms with E-state index in [0.29, 0.717) is 0 Å². The quantitative estimate of drug-likeness (QED) is 0.631. The molecule has 0 aromatic rings. The number of allylic oxidation sites excluding steroid dienone is 4. The van der Waals surface area contributed by atoms with Crippen molar-refractivity contribution in [1.82, 2.24) is 5.32 Å². The Balaban J connectivity index is 2.99. The second-order valence-electron chi connectivity index (χ2n) is 1.86. The van der Waals surface area contributed by atoms with Crippen molar-refractivity contribution in [2.75, 3.05) is 0 Å². The van der Waals surface area contributed by atoms with Gasteiger partial charge in [-0.15, -0.1) is 0 Å². The summed E-state index contributed by atoms with van der Waals surface area (Å²) in [4.78, 5) is 0. The Kier molecular flexibility index (Phi) is 2.36. The van der Waals surface area contributed by atoms with Crippen molar-refractivity contribution in [3.05, 3.63) is 35.5 Å². The van der Waals surface area contributed by atoms with Gasteiger partial charge in [0.05, 0.1) is 0 Å². The van der Waals surface area contributed by atoms with Crippen LogP contribution in [0.1, 0.15) is 0 Å². The zero-order valence-corrected chi connectivity index (χ0v) is 7.06. The van der Waals surface area contributed by atoms with Gasteiger partial charge in [-0.3, -0.25) is 0 Å². The summed E-state index contributed by atoms with van der Waals surface area (Å²) in [5.41, 5.74) is 0. The molecule has 0 spiro atoms. The first-order valence-electron chi connectivity index (χ1n) is 2.85. The van der Waals surface area contributed by atoms with E-state index in [1.54, 1.807) is 18.2 Å². The number of nitrogens with one attached hydrogen (secondary N) is 1. The molecule has 0 saturated carbocycles. The van der Waals surface area contributed by atoms with Gasteiger partial charge in [0.1, 0.15) is 5.03 Å². The van der Waals surface area contributed by atoms with Crippen molar-refractivity contribution in [1.29, 1.82) is 0 Å². The van der Waals surface area contributed by atoms with Crippen LogP contribution in [0.25, 0.3) is 0 Å². The third-order valence-electron chi connectivity index (χ3n) is 1.05. The molecular formula is C6H6ClNO2S. The monoisotopic (exact) mass is 191 g/mol. The molecule has 0 amide bonds. The number of halogens is 1. The summed E-state index contributed by atoms with van der Waals surface area (Å²) >= 11 is 0. The molecule has 0 aliphatic carbocycles. The van der Waals surface area contributed by atoms with Crippen molar-refractivity contribution in [2.45, 2.75) is 0 Å². The van der Waals surface area contributed by atoms with Gasteiger partial charge in [0.2, 0.25) is 0 Å². The van der Waals surface area contributed by atoms with Crippen LogP contribution in [-0.2, 0) is 9.05 Å². The normalized spacial score (nSPS) is 17.0. The van der Waals surface area contributed by atoms with Crippen molar-refractivity contribution in [2.24, 2.45) is 0 Å². The van der Waals surface area contributed by atoms with Crippen LogP contribution < -0.4 is 5.32 Å². The van der Waals surface area contributed by atoms with E-state index in [2.05, 4.69) is 5.32 Å². The SMILES string of the molecule is O=S(=O)(Cl)C1=CC=CC=CN1. The minimum Gasteiger partial charge on any atom is -0.351 e. The second-order valence-corrected chi connectivity index (χ2v) is 4.39. The van der Waals surface area contributed by atoms with E-state index < -0.39 is 9.05 Å². The van der Waals surface area contributed by atoms with E-state index in [4.69, 9.17) is 10.7 Å². The van der Waals surface area contributed by atoms with Gasteiger partial charge >= 0.3 is 0 Å². The highest BCUT2D eigenvalue weighted by Crippen LogP contribution is 2.09. The molecular weight excluding hydrogens is 186 g/mol. The van der Waals surface area contributed by atoms with E-state index in [9.17, 15) is 8.42 Å². The fourth-order valence-electron chi connectivity index (χ4n) is 0.593. The Morgan fingerprint density at radius 1 is 1.27 bits per heavy atom. The van der Waals surface area contributed by atoms with E-state index in [-0.39, 0.29) is 5.03 Å². The van der Waals surface area contributed by atoms with Gasteiger partial charge in [0.15, 0.2) is 0 Å². The molecule has 0 fully saturated rings. The van der Waals surface area contributed by atoms with Crippen molar-refractivity contribution < 1.29 is 8.42 Å². The summed E-state index contributed by atoms with van der Waals surface area (Å²) in [6.45, 7) is 0. The molecule has 0 bridgehead atoms. The van der Waals surface area contributed by atoms with Crippen LogP contribution in [0.15, 0.2) is 35.5 Å². The highest BCUT2D eigenvalue weighted by Gasteiger charge is 2.11. The molecule has 0 saturated heterocycles. The Morgan fingerprint density at radius 3 is 2.64 bits per heavy atom. The van der Waals surface area contributed by atoms with E-state index in [0.717, 1.165) is 0 Å². The number of hydrogen-bond donors (Lipinski definition) is 1. The molecule has 1 N–H and O–H groups in total. The van der Waals surface area contributed by atoms with Gasteiger partial charge in [0, 0.05) is 16.9 Å². The molecule has 3 nitrogen and oxygen atoms in total.